The van der Waals surface area contributed by atoms with E-state index in [0.717, 1.165) is 17.9 Å². The second-order valence-corrected chi connectivity index (χ2v) is 4.30. The quantitative estimate of drug-likeness (QED) is 0.879. The molecule has 0 unspecified atom stereocenters. The Morgan fingerprint density at radius 1 is 1.35 bits per heavy atom. The third-order valence-corrected chi connectivity index (χ3v) is 3.13. The number of ether oxygens (including phenoxy) is 3. The van der Waals surface area contributed by atoms with E-state index in [1.165, 1.54) is 6.33 Å². The summed E-state index contributed by atoms with van der Waals surface area (Å²) < 4.78 is 18.3. The zero-order valence-corrected chi connectivity index (χ0v) is 11.2. The van der Waals surface area contributed by atoms with Crippen molar-refractivity contribution in [2.24, 2.45) is 5.73 Å². The van der Waals surface area contributed by atoms with Crippen LogP contribution in [0.15, 0.2) is 18.5 Å². The van der Waals surface area contributed by atoms with Crippen LogP contribution in [0.2, 0.25) is 0 Å². The zero-order valence-electron chi connectivity index (χ0n) is 11.2. The lowest BCUT2D eigenvalue weighted by Crippen LogP contribution is -2.09. The lowest BCUT2D eigenvalue weighted by atomic mass is 10.2. The molecule has 2 heterocycles. The van der Waals surface area contributed by atoms with E-state index in [2.05, 4.69) is 10.1 Å². The summed E-state index contributed by atoms with van der Waals surface area (Å²) in [7, 11) is 0. The molecule has 0 saturated carbocycles. The number of rotatable bonds is 5. The van der Waals surface area contributed by atoms with Gasteiger partial charge in [-0.15, -0.1) is 0 Å². The maximum atomic E-state index is 5.80. The maximum Gasteiger partial charge on any atom is 0.231 e. The van der Waals surface area contributed by atoms with Crippen LogP contribution in [0, 0.1) is 0 Å². The van der Waals surface area contributed by atoms with Gasteiger partial charge >= 0.3 is 0 Å². The Kier molecular flexibility index (Phi) is 3.42. The second kappa shape index (κ2) is 5.38. The highest BCUT2D eigenvalue weighted by atomic mass is 16.7. The van der Waals surface area contributed by atoms with Gasteiger partial charge in [-0.2, -0.15) is 5.10 Å². The van der Waals surface area contributed by atoms with E-state index in [-0.39, 0.29) is 6.79 Å². The lowest BCUT2D eigenvalue weighted by molar-refractivity contribution is 0.173. The molecule has 2 N–H and O–H groups in total. The maximum absolute atomic E-state index is 5.80. The summed E-state index contributed by atoms with van der Waals surface area (Å²) in [5.74, 6) is 2.83. The number of fused-ring (bicyclic) bond motifs is 1. The van der Waals surface area contributed by atoms with Crippen molar-refractivity contribution in [3.63, 3.8) is 0 Å². The molecule has 1 aliphatic rings. The molecule has 106 valence electrons. The predicted molar refractivity (Wildman–Crippen MR) is 70.5 cm³/mol. The highest BCUT2D eigenvalue weighted by Gasteiger charge is 2.18. The van der Waals surface area contributed by atoms with Crippen molar-refractivity contribution >= 4 is 0 Å². The second-order valence-electron chi connectivity index (χ2n) is 4.30. The van der Waals surface area contributed by atoms with E-state index < -0.39 is 0 Å². The average molecular weight is 276 g/mol. The minimum Gasteiger partial charge on any atom is -0.485 e. The summed E-state index contributed by atoms with van der Waals surface area (Å²) >= 11 is 0. The van der Waals surface area contributed by atoms with Crippen molar-refractivity contribution < 1.29 is 14.2 Å². The molecule has 3 rings (SSSR count). The molecule has 0 fully saturated rings. The number of nitrogens with zero attached hydrogens (tertiary/aromatic N) is 3. The van der Waals surface area contributed by atoms with Crippen molar-refractivity contribution in [1.82, 2.24) is 14.8 Å². The van der Waals surface area contributed by atoms with Gasteiger partial charge in [0.15, 0.2) is 17.3 Å². The van der Waals surface area contributed by atoms with E-state index in [1.54, 1.807) is 10.7 Å². The summed E-state index contributed by atoms with van der Waals surface area (Å²) in [6.07, 6.45) is 1.52. The van der Waals surface area contributed by atoms with Gasteiger partial charge < -0.3 is 19.9 Å². The Labute approximate surface area is 116 Å². The number of nitrogens with two attached hydrogens (primary N) is 1. The Bertz CT molecular complexity index is 612. The molecule has 0 amide bonds. The van der Waals surface area contributed by atoms with Gasteiger partial charge in [-0.3, -0.25) is 0 Å². The third kappa shape index (κ3) is 2.27. The van der Waals surface area contributed by atoms with Crippen LogP contribution in [0.25, 0.3) is 0 Å². The lowest BCUT2D eigenvalue weighted by Gasteiger charge is -2.11. The molecule has 0 spiro atoms. The minimum absolute atomic E-state index is 0.229. The number of aryl methyl sites for hydroxylation is 1. The largest absolute Gasteiger partial charge is 0.485 e. The van der Waals surface area contributed by atoms with Crippen LogP contribution in [0.1, 0.15) is 18.3 Å². The fraction of sp³-hybridized carbons (Fsp3) is 0.385. The van der Waals surface area contributed by atoms with Gasteiger partial charge in [0.2, 0.25) is 6.79 Å². The molecule has 0 atom stereocenters. The SMILES string of the molecule is CCn1ncnc1COc1cc2c(cc1CN)OCO2. The molecule has 20 heavy (non-hydrogen) atoms. The van der Waals surface area contributed by atoms with Crippen LogP contribution in [0.5, 0.6) is 17.2 Å². The molecule has 7 nitrogen and oxygen atoms in total. The summed E-state index contributed by atoms with van der Waals surface area (Å²) in [4.78, 5) is 4.17. The summed E-state index contributed by atoms with van der Waals surface area (Å²) in [5, 5.41) is 4.10. The van der Waals surface area contributed by atoms with Gasteiger partial charge in [0.05, 0.1) is 0 Å². The van der Waals surface area contributed by atoms with E-state index >= 15 is 0 Å². The average Bonchev–Trinajstić information content (AvgIpc) is 3.11. The van der Waals surface area contributed by atoms with Crippen molar-refractivity contribution in [3.05, 3.63) is 29.8 Å². The third-order valence-electron chi connectivity index (χ3n) is 3.13. The first-order chi connectivity index (χ1) is 9.81. The van der Waals surface area contributed by atoms with Crippen LogP contribution in [-0.2, 0) is 19.7 Å². The highest BCUT2D eigenvalue weighted by Crippen LogP contribution is 2.38. The van der Waals surface area contributed by atoms with Gasteiger partial charge in [-0.25, -0.2) is 9.67 Å². The molecule has 1 aliphatic heterocycles. The van der Waals surface area contributed by atoms with Crippen LogP contribution in [0.3, 0.4) is 0 Å². The molecule has 0 radical (unpaired) electrons. The number of hydrogen-bond acceptors (Lipinski definition) is 6. The van der Waals surface area contributed by atoms with Crippen LogP contribution < -0.4 is 19.9 Å². The first-order valence-electron chi connectivity index (χ1n) is 6.44. The standard InChI is InChI=1S/C13H16N4O3/c1-2-17-13(15-7-16-17)6-18-10-4-12-11(19-8-20-12)3-9(10)5-14/h3-4,7H,2,5-6,8,14H2,1H3. The fourth-order valence-electron chi connectivity index (χ4n) is 2.07. The van der Waals surface area contributed by atoms with Gasteiger partial charge in [0, 0.05) is 24.7 Å². The van der Waals surface area contributed by atoms with Crippen LogP contribution in [0.4, 0.5) is 0 Å². The highest BCUT2D eigenvalue weighted by molar-refractivity contribution is 5.51. The molecule has 2 aromatic rings. The Balaban J connectivity index is 1.80. The van der Waals surface area contributed by atoms with Gasteiger partial charge in [-0.05, 0) is 13.0 Å². The van der Waals surface area contributed by atoms with Crippen molar-refractivity contribution in [2.75, 3.05) is 6.79 Å². The normalized spacial score (nSPS) is 12.7. The zero-order chi connectivity index (χ0) is 13.9. The van der Waals surface area contributed by atoms with Crippen LogP contribution >= 0.6 is 0 Å². The van der Waals surface area contributed by atoms with Gasteiger partial charge in [-0.1, -0.05) is 0 Å². The van der Waals surface area contributed by atoms with Crippen molar-refractivity contribution in [1.29, 1.82) is 0 Å². The smallest absolute Gasteiger partial charge is 0.231 e. The number of hydrogen-bond donors (Lipinski definition) is 1. The number of aromatic nitrogens is 3. The first-order valence-corrected chi connectivity index (χ1v) is 6.44. The van der Waals surface area contributed by atoms with E-state index in [1.807, 2.05) is 13.0 Å². The molecule has 0 aliphatic carbocycles. The van der Waals surface area contributed by atoms with Crippen LogP contribution in [-0.4, -0.2) is 21.6 Å². The Morgan fingerprint density at radius 3 is 2.90 bits per heavy atom. The van der Waals surface area contributed by atoms with Crippen molar-refractivity contribution in [3.8, 4) is 17.2 Å². The Hall–Kier alpha value is -2.28. The fourth-order valence-corrected chi connectivity index (χ4v) is 2.07. The molecule has 1 aromatic heterocycles. The molecule has 7 heteroatoms. The topological polar surface area (TPSA) is 84.4 Å². The summed E-state index contributed by atoms with van der Waals surface area (Å²) in [6, 6.07) is 3.65. The summed E-state index contributed by atoms with van der Waals surface area (Å²) in [5.41, 5.74) is 6.61. The number of benzene rings is 1. The minimum atomic E-state index is 0.229. The Morgan fingerprint density at radius 2 is 2.15 bits per heavy atom. The molecule has 0 bridgehead atoms. The molecular formula is C13H16N4O3. The monoisotopic (exact) mass is 276 g/mol. The molecular weight excluding hydrogens is 260 g/mol. The molecule has 0 saturated heterocycles. The van der Waals surface area contributed by atoms with E-state index in [0.29, 0.717) is 30.4 Å². The van der Waals surface area contributed by atoms with Gasteiger partial charge in [0.1, 0.15) is 18.7 Å². The first kappa shape index (κ1) is 12.7. The predicted octanol–water partition coefficient (Wildman–Crippen LogP) is 1.06. The van der Waals surface area contributed by atoms with E-state index in [9.17, 15) is 0 Å². The van der Waals surface area contributed by atoms with Crippen molar-refractivity contribution in [2.45, 2.75) is 26.6 Å². The molecule has 1 aromatic carbocycles. The summed E-state index contributed by atoms with van der Waals surface area (Å²) in [6.45, 7) is 3.69. The van der Waals surface area contributed by atoms with E-state index in [4.69, 9.17) is 19.9 Å². The van der Waals surface area contributed by atoms with Gasteiger partial charge in [0.25, 0.3) is 0 Å².